The Balaban J connectivity index is 2.12. The molecule has 0 aliphatic carbocycles. The molecule has 0 aliphatic heterocycles. The minimum absolute atomic E-state index is 0.198. The first-order valence-corrected chi connectivity index (χ1v) is 7.00. The van der Waals surface area contributed by atoms with Crippen LogP contribution in [-0.4, -0.2) is 30.7 Å². The van der Waals surface area contributed by atoms with E-state index in [2.05, 4.69) is 10.1 Å². The van der Waals surface area contributed by atoms with Crippen LogP contribution in [0.2, 0.25) is 0 Å². The summed E-state index contributed by atoms with van der Waals surface area (Å²) in [5, 5.41) is 12.5. The molecular weight excluding hydrogens is 298 g/mol. The van der Waals surface area contributed by atoms with E-state index in [1.807, 2.05) is 6.92 Å². The second-order valence-electron chi connectivity index (χ2n) is 4.64. The van der Waals surface area contributed by atoms with Gasteiger partial charge in [-0.1, -0.05) is 0 Å². The number of benzene rings is 2. The fourth-order valence-electron chi connectivity index (χ4n) is 1.95. The van der Waals surface area contributed by atoms with Crippen LogP contribution in [0.1, 0.15) is 27.6 Å². The number of anilines is 1. The lowest BCUT2D eigenvalue weighted by atomic mass is 10.1. The summed E-state index contributed by atoms with van der Waals surface area (Å²) in [6, 6.07) is 10.8. The number of hydrogen-bond donors (Lipinski definition) is 2. The molecule has 0 saturated carbocycles. The Morgan fingerprint density at radius 3 is 2.30 bits per heavy atom. The summed E-state index contributed by atoms with van der Waals surface area (Å²) in [6.07, 6.45) is 0. The first-order valence-electron chi connectivity index (χ1n) is 7.00. The number of ether oxygens (including phenoxy) is 2. The Kier molecular flexibility index (Phi) is 5.19. The predicted molar refractivity (Wildman–Crippen MR) is 85.0 cm³/mol. The number of carbonyl (C=O) groups excluding carboxylic acids is 2. The molecule has 2 aromatic rings. The van der Waals surface area contributed by atoms with E-state index in [4.69, 9.17) is 4.74 Å². The van der Waals surface area contributed by atoms with Gasteiger partial charge < -0.3 is 19.9 Å². The van der Waals surface area contributed by atoms with Gasteiger partial charge in [0.05, 0.1) is 25.0 Å². The summed E-state index contributed by atoms with van der Waals surface area (Å²) in [6.45, 7) is 2.42. The molecule has 23 heavy (non-hydrogen) atoms. The minimum Gasteiger partial charge on any atom is -0.506 e. The van der Waals surface area contributed by atoms with Crippen molar-refractivity contribution in [3.05, 3.63) is 53.6 Å². The van der Waals surface area contributed by atoms with Crippen LogP contribution in [0.5, 0.6) is 11.5 Å². The zero-order valence-corrected chi connectivity index (χ0v) is 12.8. The highest BCUT2D eigenvalue weighted by Crippen LogP contribution is 2.25. The number of rotatable bonds is 5. The van der Waals surface area contributed by atoms with E-state index in [0.29, 0.717) is 17.9 Å². The highest BCUT2D eigenvalue weighted by molar-refractivity contribution is 6.05. The average molecular weight is 315 g/mol. The van der Waals surface area contributed by atoms with Crippen LogP contribution in [0.4, 0.5) is 5.69 Å². The zero-order valence-electron chi connectivity index (χ0n) is 12.8. The molecule has 0 atom stereocenters. The first-order chi connectivity index (χ1) is 11.0. The summed E-state index contributed by atoms with van der Waals surface area (Å²) >= 11 is 0. The van der Waals surface area contributed by atoms with Gasteiger partial charge in [0.1, 0.15) is 11.5 Å². The molecule has 120 valence electrons. The number of carbonyl (C=O) groups is 2. The maximum absolute atomic E-state index is 12.2. The van der Waals surface area contributed by atoms with Gasteiger partial charge in [-0.15, -0.1) is 0 Å². The second kappa shape index (κ2) is 7.31. The molecule has 0 radical (unpaired) electrons. The van der Waals surface area contributed by atoms with Gasteiger partial charge in [-0.2, -0.15) is 0 Å². The number of amides is 1. The summed E-state index contributed by atoms with van der Waals surface area (Å²) in [5.41, 5.74) is 0.825. The molecule has 0 spiro atoms. The Hall–Kier alpha value is -3.02. The minimum atomic E-state index is -0.565. The molecule has 0 fully saturated rings. The third kappa shape index (κ3) is 4.00. The molecule has 0 aromatic heterocycles. The van der Waals surface area contributed by atoms with Gasteiger partial charge in [-0.25, -0.2) is 4.79 Å². The molecule has 6 nitrogen and oxygen atoms in total. The molecular formula is C17H17NO5. The van der Waals surface area contributed by atoms with Crippen molar-refractivity contribution in [1.82, 2.24) is 0 Å². The average Bonchev–Trinajstić information content (AvgIpc) is 2.56. The van der Waals surface area contributed by atoms with E-state index in [1.54, 1.807) is 24.3 Å². The Morgan fingerprint density at radius 2 is 1.74 bits per heavy atom. The van der Waals surface area contributed by atoms with Gasteiger partial charge in [-0.05, 0) is 49.4 Å². The van der Waals surface area contributed by atoms with Crippen LogP contribution in [-0.2, 0) is 4.74 Å². The normalized spacial score (nSPS) is 10.0. The van der Waals surface area contributed by atoms with Gasteiger partial charge in [0.2, 0.25) is 0 Å². The third-order valence-corrected chi connectivity index (χ3v) is 3.09. The van der Waals surface area contributed by atoms with Crippen molar-refractivity contribution in [2.45, 2.75) is 6.92 Å². The van der Waals surface area contributed by atoms with Crippen LogP contribution in [0.15, 0.2) is 42.5 Å². The van der Waals surface area contributed by atoms with Crippen molar-refractivity contribution in [3.8, 4) is 11.5 Å². The molecule has 2 rings (SSSR count). The molecule has 1 amide bonds. The predicted octanol–water partition coefficient (Wildman–Crippen LogP) is 2.83. The van der Waals surface area contributed by atoms with Crippen molar-refractivity contribution in [2.75, 3.05) is 19.0 Å². The molecule has 0 aliphatic rings. The number of phenolic OH excluding ortho intramolecular Hbond substituents is 1. The Morgan fingerprint density at radius 1 is 1.09 bits per heavy atom. The van der Waals surface area contributed by atoms with Crippen LogP contribution in [0.25, 0.3) is 0 Å². The Labute approximate surface area is 133 Å². The third-order valence-electron chi connectivity index (χ3n) is 3.09. The van der Waals surface area contributed by atoms with Gasteiger partial charge in [-0.3, -0.25) is 4.79 Å². The van der Waals surface area contributed by atoms with Crippen molar-refractivity contribution >= 4 is 17.6 Å². The van der Waals surface area contributed by atoms with Crippen LogP contribution in [0.3, 0.4) is 0 Å². The molecule has 0 bridgehead atoms. The van der Waals surface area contributed by atoms with Gasteiger partial charge in [0.15, 0.2) is 0 Å². The van der Waals surface area contributed by atoms with Gasteiger partial charge in [0, 0.05) is 5.56 Å². The van der Waals surface area contributed by atoms with Crippen molar-refractivity contribution in [3.63, 3.8) is 0 Å². The lowest BCUT2D eigenvalue weighted by Gasteiger charge is -2.09. The summed E-state index contributed by atoms with van der Waals surface area (Å²) < 4.78 is 9.87. The summed E-state index contributed by atoms with van der Waals surface area (Å²) in [5.74, 6) is -0.486. The van der Waals surface area contributed by atoms with Crippen LogP contribution in [0, 0.1) is 0 Å². The largest absolute Gasteiger partial charge is 0.506 e. The fraction of sp³-hybridized carbons (Fsp3) is 0.176. The van der Waals surface area contributed by atoms with E-state index in [1.165, 1.54) is 25.3 Å². The highest BCUT2D eigenvalue weighted by atomic mass is 16.5. The maximum Gasteiger partial charge on any atom is 0.337 e. The monoisotopic (exact) mass is 315 g/mol. The second-order valence-corrected chi connectivity index (χ2v) is 4.64. The zero-order chi connectivity index (χ0) is 16.8. The van der Waals surface area contributed by atoms with Gasteiger partial charge in [0.25, 0.3) is 5.91 Å². The van der Waals surface area contributed by atoms with Crippen LogP contribution < -0.4 is 10.1 Å². The standard InChI is InChI=1S/C17H17NO5/c1-3-23-13-7-4-11(5-8-13)16(20)18-14-9-6-12(10-15(14)19)17(21)22-2/h4-10,19H,3H2,1-2H3,(H,18,20). The first kappa shape index (κ1) is 16.4. The maximum atomic E-state index is 12.2. The van der Waals surface area contributed by atoms with Crippen molar-refractivity contribution < 1.29 is 24.2 Å². The molecule has 0 heterocycles. The highest BCUT2D eigenvalue weighted by Gasteiger charge is 2.12. The molecule has 0 saturated heterocycles. The number of phenols is 1. The molecule has 2 N–H and O–H groups in total. The number of aromatic hydroxyl groups is 1. The lowest BCUT2D eigenvalue weighted by molar-refractivity contribution is 0.0600. The topological polar surface area (TPSA) is 84.9 Å². The fourth-order valence-corrected chi connectivity index (χ4v) is 1.95. The summed E-state index contributed by atoms with van der Waals surface area (Å²) in [4.78, 5) is 23.5. The number of esters is 1. The Bertz CT molecular complexity index is 709. The molecule has 6 heteroatoms. The number of hydrogen-bond acceptors (Lipinski definition) is 5. The number of nitrogens with one attached hydrogen (secondary N) is 1. The smallest absolute Gasteiger partial charge is 0.337 e. The van der Waals surface area contributed by atoms with E-state index < -0.39 is 5.97 Å². The van der Waals surface area contributed by atoms with E-state index in [0.717, 1.165) is 0 Å². The van der Waals surface area contributed by atoms with Crippen LogP contribution >= 0.6 is 0 Å². The number of methoxy groups -OCH3 is 1. The van der Waals surface area contributed by atoms with Crippen molar-refractivity contribution in [2.24, 2.45) is 0 Å². The van der Waals surface area contributed by atoms with E-state index in [9.17, 15) is 14.7 Å². The molecule has 2 aromatic carbocycles. The summed E-state index contributed by atoms with van der Waals surface area (Å²) in [7, 11) is 1.25. The quantitative estimate of drug-likeness (QED) is 0.654. The van der Waals surface area contributed by atoms with Gasteiger partial charge >= 0.3 is 5.97 Å². The van der Waals surface area contributed by atoms with Crippen molar-refractivity contribution in [1.29, 1.82) is 0 Å². The van der Waals surface area contributed by atoms with E-state index >= 15 is 0 Å². The molecule has 0 unspecified atom stereocenters. The van der Waals surface area contributed by atoms with E-state index in [-0.39, 0.29) is 22.9 Å². The SMILES string of the molecule is CCOc1ccc(C(=O)Nc2ccc(C(=O)OC)cc2O)cc1. The lowest BCUT2D eigenvalue weighted by Crippen LogP contribution is -2.12.